The molecule has 2 aromatic rings. The van der Waals surface area contributed by atoms with Crippen LogP contribution in [0.3, 0.4) is 0 Å². The van der Waals surface area contributed by atoms with E-state index in [0.717, 1.165) is 44.8 Å². The van der Waals surface area contributed by atoms with Crippen molar-refractivity contribution >= 4 is 5.97 Å². The van der Waals surface area contributed by atoms with Crippen molar-refractivity contribution in [2.45, 2.75) is 39.0 Å². The number of carboxylic acid groups (broad SMARTS) is 1. The van der Waals surface area contributed by atoms with Crippen LogP contribution in [-0.2, 0) is 17.9 Å². The maximum atomic E-state index is 11.0. The van der Waals surface area contributed by atoms with E-state index in [2.05, 4.69) is 34.1 Å². The van der Waals surface area contributed by atoms with Crippen LogP contribution < -0.4 is 4.74 Å². The number of benzene rings is 2. The van der Waals surface area contributed by atoms with E-state index in [0.29, 0.717) is 12.6 Å². The molecule has 1 heterocycles. The maximum absolute atomic E-state index is 11.0. The quantitative estimate of drug-likeness (QED) is 0.718. The molecular formula is C23H30N2O3. The van der Waals surface area contributed by atoms with Crippen molar-refractivity contribution in [3.63, 3.8) is 0 Å². The van der Waals surface area contributed by atoms with Crippen molar-refractivity contribution in [2.24, 2.45) is 0 Å². The van der Waals surface area contributed by atoms with Crippen molar-refractivity contribution < 1.29 is 14.6 Å². The molecule has 0 unspecified atom stereocenters. The second-order valence-corrected chi connectivity index (χ2v) is 7.38. The maximum Gasteiger partial charge on any atom is 0.317 e. The third-order valence-corrected chi connectivity index (χ3v) is 5.40. The first kappa shape index (κ1) is 20.4. The number of hydrogen-bond donors (Lipinski definition) is 1. The Morgan fingerprint density at radius 2 is 1.75 bits per heavy atom. The van der Waals surface area contributed by atoms with Crippen LogP contribution in [0.1, 0.15) is 30.9 Å². The van der Waals surface area contributed by atoms with Crippen LogP contribution >= 0.6 is 0 Å². The van der Waals surface area contributed by atoms with Gasteiger partial charge in [0.2, 0.25) is 0 Å². The van der Waals surface area contributed by atoms with Gasteiger partial charge in [-0.1, -0.05) is 49.4 Å². The molecule has 0 spiro atoms. The van der Waals surface area contributed by atoms with Crippen molar-refractivity contribution in [2.75, 3.05) is 26.2 Å². The van der Waals surface area contributed by atoms with E-state index in [1.807, 2.05) is 37.3 Å². The Morgan fingerprint density at radius 1 is 1.07 bits per heavy atom. The Kier molecular flexibility index (Phi) is 7.46. The highest BCUT2D eigenvalue weighted by molar-refractivity contribution is 5.69. The first-order chi connectivity index (χ1) is 13.6. The fraction of sp³-hybridized carbons (Fsp3) is 0.435. The lowest BCUT2D eigenvalue weighted by atomic mass is 10.0. The van der Waals surface area contributed by atoms with Gasteiger partial charge in [0.1, 0.15) is 12.4 Å². The number of piperidine rings is 1. The van der Waals surface area contributed by atoms with Crippen LogP contribution in [0, 0.1) is 0 Å². The molecule has 0 bridgehead atoms. The van der Waals surface area contributed by atoms with Crippen molar-refractivity contribution in [3.05, 3.63) is 65.7 Å². The summed E-state index contributed by atoms with van der Waals surface area (Å²) in [7, 11) is 0. The lowest BCUT2D eigenvalue weighted by Crippen LogP contribution is -2.46. The summed E-state index contributed by atoms with van der Waals surface area (Å²) < 4.78 is 5.85. The molecule has 1 N–H and O–H groups in total. The van der Waals surface area contributed by atoms with E-state index in [1.54, 1.807) is 0 Å². The predicted molar refractivity (Wildman–Crippen MR) is 110 cm³/mol. The molecule has 3 rings (SSSR count). The summed E-state index contributed by atoms with van der Waals surface area (Å²) in [4.78, 5) is 15.5. The first-order valence-electron chi connectivity index (χ1n) is 10.1. The molecule has 28 heavy (non-hydrogen) atoms. The monoisotopic (exact) mass is 382 g/mol. The van der Waals surface area contributed by atoms with Crippen molar-refractivity contribution in [1.82, 2.24) is 9.80 Å². The largest absolute Gasteiger partial charge is 0.489 e. The molecule has 5 heteroatoms. The molecule has 1 fully saturated rings. The van der Waals surface area contributed by atoms with Crippen molar-refractivity contribution in [1.29, 1.82) is 0 Å². The summed E-state index contributed by atoms with van der Waals surface area (Å²) >= 11 is 0. The number of carboxylic acids is 1. The molecule has 0 radical (unpaired) electrons. The van der Waals surface area contributed by atoms with Crippen LogP contribution in [0.4, 0.5) is 0 Å². The minimum Gasteiger partial charge on any atom is -0.489 e. The number of carbonyl (C=O) groups is 1. The number of aliphatic carboxylic acids is 1. The standard InChI is InChI=1S/C23H30N2O3/c1-2-25(17-23(26)27)21-12-14-24(15-13-21)16-19-8-10-22(11-9-19)28-18-20-6-4-3-5-7-20/h3-11,21H,2,12-18H2,1H3,(H,26,27). The number of ether oxygens (including phenoxy) is 1. The number of nitrogens with zero attached hydrogens (tertiary/aromatic N) is 2. The Hall–Kier alpha value is -2.37. The molecular weight excluding hydrogens is 352 g/mol. The highest BCUT2D eigenvalue weighted by atomic mass is 16.5. The van der Waals surface area contributed by atoms with Crippen LogP contribution in [0.15, 0.2) is 54.6 Å². The summed E-state index contributed by atoms with van der Waals surface area (Å²) in [6.07, 6.45) is 2.05. The van der Waals surface area contributed by atoms with E-state index in [-0.39, 0.29) is 6.54 Å². The van der Waals surface area contributed by atoms with Crippen molar-refractivity contribution in [3.8, 4) is 5.75 Å². The lowest BCUT2D eigenvalue weighted by Gasteiger charge is -2.37. The van der Waals surface area contributed by atoms with Gasteiger partial charge in [0.25, 0.3) is 0 Å². The van der Waals surface area contributed by atoms with Gasteiger partial charge in [-0.2, -0.15) is 0 Å². The molecule has 0 aliphatic carbocycles. The number of likely N-dealkylation sites (tertiary alicyclic amines) is 1. The van der Waals surface area contributed by atoms with Gasteiger partial charge in [-0.3, -0.25) is 14.6 Å². The summed E-state index contributed by atoms with van der Waals surface area (Å²) in [6.45, 7) is 6.50. The smallest absolute Gasteiger partial charge is 0.317 e. The van der Waals surface area contributed by atoms with Gasteiger partial charge in [0.05, 0.1) is 6.54 Å². The van der Waals surface area contributed by atoms with E-state index >= 15 is 0 Å². The zero-order valence-corrected chi connectivity index (χ0v) is 16.6. The highest BCUT2D eigenvalue weighted by Gasteiger charge is 2.24. The second-order valence-electron chi connectivity index (χ2n) is 7.38. The zero-order valence-electron chi connectivity index (χ0n) is 16.6. The van der Waals surface area contributed by atoms with Gasteiger partial charge in [-0.25, -0.2) is 0 Å². The highest BCUT2D eigenvalue weighted by Crippen LogP contribution is 2.20. The van der Waals surface area contributed by atoms with Gasteiger partial charge in [0.15, 0.2) is 0 Å². The van der Waals surface area contributed by atoms with E-state index < -0.39 is 5.97 Å². The average molecular weight is 383 g/mol. The van der Waals surface area contributed by atoms with Crippen LogP contribution in [0.2, 0.25) is 0 Å². The topological polar surface area (TPSA) is 53.0 Å². The summed E-state index contributed by atoms with van der Waals surface area (Å²) in [5.74, 6) is 0.150. The molecule has 2 aromatic carbocycles. The molecule has 150 valence electrons. The minimum atomic E-state index is -0.737. The SMILES string of the molecule is CCN(CC(=O)O)C1CCN(Cc2ccc(OCc3ccccc3)cc2)CC1. The Labute approximate surface area is 167 Å². The molecule has 0 amide bonds. The molecule has 1 saturated heterocycles. The van der Waals surface area contributed by atoms with Crippen LogP contribution in [0.5, 0.6) is 5.75 Å². The molecule has 0 saturated carbocycles. The molecule has 0 aromatic heterocycles. The average Bonchev–Trinajstić information content (AvgIpc) is 2.73. The normalized spacial score (nSPS) is 15.6. The first-order valence-corrected chi connectivity index (χ1v) is 10.1. The van der Waals surface area contributed by atoms with Gasteiger partial charge in [-0.05, 0) is 55.7 Å². The number of hydrogen-bond acceptors (Lipinski definition) is 4. The zero-order chi connectivity index (χ0) is 19.8. The molecule has 5 nitrogen and oxygen atoms in total. The number of likely N-dealkylation sites (N-methyl/N-ethyl adjacent to an activating group) is 1. The van der Waals surface area contributed by atoms with E-state index in [9.17, 15) is 4.79 Å². The Balaban J connectivity index is 1.44. The van der Waals surface area contributed by atoms with E-state index in [4.69, 9.17) is 9.84 Å². The summed E-state index contributed by atoms with van der Waals surface area (Å²) in [5, 5.41) is 9.06. The predicted octanol–water partition coefficient (Wildman–Crippen LogP) is 3.64. The van der Waals surface area contributed by atoms with Gasteiger partial charge >= 0.3 is 5.97 Å². The second kappa shape index (κ2) is 10.2. The fourth-order valence-electron chi connectivity index (χ4n) is 3.81. The van der Waals surface area contributed by atoms with Gasteiger partial charge in [0, 0.05) is 12.6 Å². The van der Waals surface area contributed by atoms with Crippen LogP contribution in [0.25, 0.3) is 0 Å². The third kappa shape index (κ3) is 6.08. The number of rotatable bonds is 9. The Bertz CT molecular complexity index is 725. The summed E-state index contributed by atoms with van der Waals surface area (Å²) in [6, 6.07) is 18.9. The lowest BCUT2D eigenvalue weighted by molar-refractivity contribution is -0.139. The molecule has 0 atom stereocenters. The Morgan fingerprint density at radius 3 is 2.36 bits per heavy atom. The van der Waals surface area contributed by atoms with Gasteiger partial charge < -0.3 is 9.84 Å². The van der Waals surface area contributed by atoms with E-state index in [1.165, 1.54) is 11.1 Å². The molecule has 1 aliphatic rings. The van der Waals surface area contributed by atoms with Gasteiger partial charge in [-0.15, -0.1) is 0 Å². The third-order valence-electron chi connectivity index (χ3n) is 5.40. The molecule has 1 aliphatic heterocycles. The summed E-state index contributed by atoms with van der Waals surface area (Å²) in [5.41, 5.74) is 2.45. The minimum absolute atomic E-state index is 0.144. The fourth-order valence-corrected chi connectivity index (χ4v) is 3.81. The van der Waals surface area contributed by atoms with Crippen LogP contribution in [-0.4, -0.2) is 53.1 Å².